The van der Waals surface area contributed by atoms with E-state index in [0.717, 1.165) is 12.0 Å². The van der Waals surface area contributed by atoms with Gasteiger partial charge in [-0.1, -0.05) is 30.3 Å². The molecule has 0 spiro atoms. The highest BCUT2D eigenvalue weighted by atomic mass is 32.1. The minimum atomic E-state index is -1.00. The molecular formula is C18H24N2O4S. The van der Waals surface area contributed by atoms with Crippen molar-refractivity contribution in [1.29, 1.82) is 0 Å². The summed E-state index contributed by atoms with van der Waals surface area (Å²) in [4.78, 5) is 37.2. The van der Waals surface area contributed by atoms with Crippen molar-refractivity contribution in [2.75, 3.05) is 6.54 Å². The summed E-state index contributed by atoms with van der Waals surface area (Å²) in [7, 11) is 0. The smallest absolute Gasteiger partial charge is 0.326 e. The number of nitrogens with zero attached hydrogens (tertiary/aromatic N) is 1. The number of hydrogen-bond donors (Lipinski definition) is 3. The van der Waals surface area contributed by atoms with Crippen molar-refractivity contribution < 1.29 is 19.5 Å². The second kappa shape index (κ2) is 8.89. The summed E-state index contributed by atoms with van der Waals surface area (Å²) in [6.07, 6.45) is 2.39. The number of carbonyl (C=O) groups excluding carboxylic acids is 2. The molecule has 0 aromatic heterocycles. The standard InChI is InChI=1S/C18H24N2O4S/c1-12(17(22)20-11-5-8-14(20)18(23)24)19-16(21)15(25)10-9-13-6-3-2-4-7-13/h2-4,6-7,12,14-15,25H,5,8-11H2,1H3,(H,19,21)(H,23,24)/t12-,14-,15+/m0/s1. The fourth-order valence-corrected chi connectivity index (χ4v) is 3.19. The van der Waals surface area contributed by atoms with Gasteiger partial charge in [0.25, 0.3) is 0 Å². The van der Waals surface area contributed by atoms with Crippen LogP contribution in [-0.2, 0) is 20.8 Å². The van der Waals surface area contributed by atoms with E-state index in [2.05, 4.69) is 17.9 Å². The van der Waals surface area contributed by atoms with Crippen LogP contribution in [0.2, 0.25) is 0 Å². The Labute approximate surface area is 153 Å². The maximum absolute atomic E-state index is 12.4. The summed E-state index contributed by atoms with van der Waals surface area (Å²) in [5, 5.41) is 11.3. The van der Waals surface area contributed by atoms with Crippen molar-refractivity contribution in [3.63, 3.8) is 0 Å². The van der Waals surface area contributed by atoms with Crippen LogP contribution in [-0.4, -0.2) is 51.7 Å². The number of amides is 2. The first-order valence-corrected chi connectivity index (χ1v) is 8.97. The third-order valence-corrected chi connectivity index (χ3v) is 4.89. The van der Waals surface area contributed by atoms with Gasteiger partial charge in [-0.25, -0.2) is 4.79 Å². The summed E-state index contributed by atoms with van der Waals surface area (Å²) in [6, 6.07) is 8.24. The minimum Gasteiger partial charge on any atom is -0.480 e. The highest BCUT2D eigenvalue weighted by Crippen LogP contribution is 2.18. The third-order valence-electron chi connectivity index (χ3n) is 4.40. The molecule has 0 unspecified atom stereocenters. The Morgan fingerprint density at radius 1 is 1.32 bits per heavy atom. The van der Waals surface area contributed by atoms with Gasteiger partial charge >= 0.3 is 5.97 Å². The van der Waals surface area contributed by atoms with Crippen molar-refractivity contribution in [2.45, 2.75) is 49.9 Å². The number of carbonyl (C=O) groups is 3. The number of likely N-dealkylation sites (tertiary alicyclic amines) is 1. The van der Waals surface area contributed by atoms with E-state index in [1.807, 2.05) is 30.3 Å². The van der Waals surface area contributed by atoms with Crippen LogP contribution in [0.1, 0.15) is 31.7 Å². The molecule has 0 aliphatic carbocycles. The number of hydrogen-bond acceptors (Lipinski definition) is 4. The number of rotatable bonds is 7. The highest BCUT2D eigenvalue weighted by Gasteiger charge is 2.36. The maximum atomic E-state index is 12.4. The predicted molar refractivity (Wildman–Crippen MR) is 97.5 cm³/mol. The van der Waals surface area contributed by atoms with Crippen LogP contribution >= 0.6 is 12.6 Å². The van der Waals surface area contributed by atoms with Gasteiger partial charge in [-0.2, -0.15) is 12.6 Å². The zero-order valence-electron chi connectivity index (χ0n) is 14.2. The van der Waals surface area contributed by atoms with Gasteiger partial charge in [0.15, 0.2) is 0 Å². The number of thiol groups is 1. The van der Waals surface area contributed by atoms with Crippen molar-refractivity contribution in [2.24, 2.45) is 0 Å². The SMILES string of the molecule is C[C@H](NC(=O)[C@H](S)CCc1ccccc1)C(=O)N1CCC[C@H]1C(=O)O. The van der Waals surface area contributed by atoms with Gasteiger partial charge in [0.1, 0.15) is 12.1 Å². The summed E-state index contributed by atoms with van der Waals surface area (Å²) < 4.78 is 0. The Bertz CT molecular complexity index is 623. The molecule has 1 aromatic rings. The van der Waals surface area contributed by atoms with Crippen molar-refractivity contribution >= 4 is 30.4 Å². The second-order valence-corrected chi connectivity index (χ2v) is 6.92. The molecule has 2 amide bonds. The van der Waals surface area contributed by atoms with E-state index in [4.69, 9.17) is 5.11 Å². The van der Waals surface area contributed by atoms with E-state index in [1.54, 1.807) is 6.92 Å². The van der Waals surface area contributed by atoms with E-state index in [-0.39, 0.29) is 11.8 Å². The van der Waals surface area contributed by atoms with Crippen LogP contribution in [0, 0.1) is 0 Å². The van der Waals surface area contributed by atoms with E-state index in [0.29, 0.717) is 25.8 Å². The molecular weight excluding hydrogens is 340 g/mol. The van der Waals surface area contributed by atoms with Gasteiger partial charge in [0.2, 0.25) is 11.8 Å². The van der Waals surface area contributed by atoms with Gasteiger partial charge < -0.3 is 15.3 Å². The minimum absolute atomic E-state index is 0.314. The second-order valence-electron chi connectivity index (χ2n) is 6.30. The molecule has 2 N–H and O–H groups in total. The number of benzene rings is 1. The molecule has 7 heteroatoms. The van der Waals surface area contributed by atoms with Crippen LogP contribution in [0.25, 0.3) is 0 Å². The Morgan fingerprint density at radius 2 is 2.00 bits per heavy atom. The molecule has 6 nitrogen and oxygen atoms in total. The fourth-order valence-electron chi connectivity index (χ4n) is 2.99. The quantitative estimate of drug-likeness (QED) is 0.640. The van der Waals surface area contributed by atoms with E-state index in [1.165, 1.54) is 4.90 Å². The maximum Gasteiger partial charge on any atom is 0.326 e. The van der Waals surface area contributed by atoms with Crippen molar-refractivity contribution in [3.8, 4) is 0 Å². The molecule has 0 radical (unpaired) electrons. The van der Waals surface area contributed by atoms with Crippen LogP contribution in [0.4, 0.5) is 0 Å². The van der Waals surface area contributed by atoms with E-state index in [9.17, 15) is 14.4 Å². The van der Waals surface area contributed by atoms with E-state index < -0.39 is 23.3 Å². The number of aliphatic carboxylic acids is 1. The molecule has 3 atom stereocenters. The number of carboxylic acid groups (broad SMARTS) is 1. The van der Waals surface area contributed by atoms with Crippen LogP contribution < -0.4 is 5.32 Å². The first-order chi connectivity index (χ1) is 11.9. The molecule has 136 valence electrons. The van der Waals surface area contributed by atoms with Crippen LogP contribution in [0.5, 0.6) is 0 Å². The average Bonchev–Trinajstić information content (AvgIpc) is 3.09. The summed E-state index contributed by atoms with van der Waals surface area (Å²) in [5.41, 5.74) is 1.12. The lowest BCUT2D eigenvalue weighted by Crippen LogP contribution is -2.51. The number of nitrogens with one attached hydrogen (secondary N) is 1. The topological polar surface area (TPSA) is 86.7 Å². The molecule has 2 rings (SSSR count). The zero-order valence-corrected chi connectivity index (χ0v) is 15.1. The van der Waals surface area contributed by atoms with Gasteiger partial charge in [-0.05, 0) is 38.2 Å². The Morgan fingerprint density at radius 3 is 2.64 bits per heavy atom. The van der Waals surface area contributed by atoms with Crippen molar-refractivity contribution in [1.82, 2.24) is 10.2 Å². The Balaban J connectivity index is 1.84. The fraction of sp³-hybridized carbons (Fsp3) is 0.500. The predicted octanol–water partition coefficient (Wildman–Crippen LogP) is 1.50. The van der Waals surface area contributed by atoms with Gasteiger partial charge in [-0.3, -0.25) is 9.59 Å². The molecule has 1 saturated heterocycles. The van der Waals surface area contributed by atoms with Gasteiger partial charge in [-0.15, -0.1) is 0 Å². The molecule has 1 aliphatic rings. The largest absolute Gasteiger partial charge is 0.480 e. The molecule has 1 aromatic carbocycles. The summed E-state index contributed by atoms with van der Waals surface area (Å²) >= 11 is 4.33. The molecule has 0 bridgehead atoms. The van der Waals surface area contributed by atoms with Gasteiger partial charge in [0, 0.05) is 6.54 Å². The molecule has 25 heavy (non-hydrogen) atoms. The highest BCUT2D eigenvalue weighted by molar-refractivity contribution is 7.81. The lowest BCUT2D eigenvalue weighted by atomic mass is 10.1. The molecule has 0 saturated carbocycles. The van der Waals surface area contributed by atoms with Crippen LogP contribution in [0.15, 0.2) is 30.3 Å². The summed E-state index contributed by atoms with van der Waals surface area (Å²) in [5.74, 6) is -1.67. The van der Waals surface area contributed by atoms with E-state index >= 15 is 0 Å². The molecule has 1 aliphatic heterocycles. The Hall–Kier alpha value is -2.02. The van der Waals surface area contributed by atoms with Crippen LogP contribution in [0.3, 0.4) is 0 Å². The van der Waals surface area contributed by atoms with Gasteiger partial charge in [0.05, 0.1) is 5.25 Å². The zero-order chi connectivity index (χ0) is 18.4. The normalized spacial score (nSPS) is 19.3. The number of carboxylic acids is 1. The molecule has 1 heterocycles. The average molecular weight is 364 g/mol. The number of aryl methyl sites for hydroxylation is 1. The lowest BCUT2D eigenvalue weighted by Gasteiger charge is -2.26. The summed E-state index contributed by atoms with van der Waals surface area (Å²) in [6.45, 7) is 1.99. The Kier molecular flexibility index (Phi) is 6.87. The molecule has 1 fully saturated rings. The first kappa shape index (κ1) is 19.3. The third kappa shape index (κ3) is 5.22. The lowest BCUT2D eigenvalue weighted by molar-refractivity contribution is -0.149. The van der Waals surface area contributed by atoms with Crippen molar-refractivity contribution in [3.05, 3.63) is 35.9 Å². The first-order valence-electron chi connectivity index (χ1n) is 8.45. The monoisotopic (exact) mass is 364 g/mol.